The van der Waals surface area contributed by atoms with E-state index in [9.17, 15) is 4.79 Å². The van der Waals surface area contributed by atoms with E-state index in [4.69, 9.17) is 0 Å². The van der Waals surface area contributed by atoms with E-state index >= 15 is 0 Å². The second kappa shape index (κ2) is 8.89. The maximum atomic E-state index is 12.7. The summed E-state index contributed by atoms with van der Waals surface area (Å²) in [5, 5.41) is 6.20. The summed E-state index contributed by atoms with van der Waals surface area (Å²) in [4.78, 5) is 25.9. The molecule has 3 aromatic rings. The second-order valence-electron chi connectivity index (χ2n) is 6.29. The zero-order chi connectivity index (χ0) is 19.1. The number of benzene rings is 1. The Morgan fingerprint density at radius 3 is 2.56 bits per heavy atom. The van der Waals surface area contributed by atoms with Crippen molar-refractivity contribution in [1.82, 2.24) is 20.3 Å². The van der Waals surface area contributed by atoms with Gasteiger partial charge in [0.1, 0.15) is 11.5 Å². The van der Waals surface area contributed by atoms with Gasteiger partial charge in [0.2, 0.25) is 0 Å². The zero-order valence-electron chi connectivity index (χ0n) is 15.5. The first kappa shape index (κ1) is 18.5. The van der Waals surface area contributed by atoms with Gasteiger partial charge in [-0.05, 0) is 25.5 Å². The Bertz CT molecular complexity index is 884. The highest BCUT2D eigenvalue weighted by Crippen LogP contribution is 2.18. The molecule has 2 aromatic heterocycles. The molecule has 0 radical (unpaired) electrons. The molecule has 2 N–H and O–H groups in total. The smallest absolute Gasteiger partial charge is 0.270 e. The van der Waals surface area contributed by atoms with Gasteiger partial charge in [-0.1, -0.05) is 43.3 Å². The molecule has 0 aliphatic heterocycles. The van der Waals surface area contributed by atoms with E-state index in [1.165, 1.54) is 0 Å². The molecule has 3 rings (SSSR count). The predicted molar refractivity (Wildman–Crippen MR) is 106 cm³/mol. The Hall–Kier alpha value is -3.28. The SMILES string of the molecule is CCC(C)Nc1cc(C(=O)NCc2ccccn2)nc(-c2ccccc2)n1. The molecule has 6 nitrogen and oxygen atoms in total. The number of hydrogen-bond acceptors (Lipinski definition) is 5. The average Bonchev–Trinajstić information content (AvgIpc) is 2.73. The molecule has 0 fully saturated rings. The van der Waals surface area contributed by atoms with Crippen LogP contribution in [0.15, 0.2) is 60.8 Å². The Balaban J connectivity index is 1.86. The van der Waals surface area contributed by atoms with E-state index in [1.54, 1.807) is 12.3 Å². The molecule has 2 heterocycles. The minimum atomic E-state index is -0.257. The van der Waals surface area contributed by atoms with Gasteiger partial charge in [0, 0.05) is 23.9 Å². The number of amides is 1. The molecular formula is C21H23N5O. The van der Waals surface area contributed by atoms with Crippen LogP contribution in [-0.2, 0) is 6.54 Å². The van der Waals surface area contributed by atoms with Gasteiger partial charge in [-0.3, -0.25) is 9.78 Å². The van der Waals surface area contributed by atoms with E-state index in [0.29, 0.717) is 23.9 Å². The van der Waals surface area contributed by atoms with Crippen molar-refractivity contribution >= 4 is 11.7 Å². The highest BCUT2D eigenvalue weighted by molar-refractivity contribution is 5.93. The van der Waals surface area contributed by atoms with Crippen molar-refractivity contribution in [2.75, 3.05) is 5.32 Å². The monoisotopic (exact) mass is 361 g/mol. The Morgan fingerprint density at radius 1 is 1.07 bits per heavy atom. The molecule has 27 heavy (non-hydrogen) atoms. The lowest BCUT2D eigenvalue weighted by Gasteiger charge is -2.14. The lowest BCUT2D eigenvalue weighted by molar-refractivity contribution is 0.0945. The van der Waals surface area contributed by atoms with Crippen molar-refractivity contribution in [2.24, 2.45) is 0 Å². The van der Waals surface area contributed by atoms with E-state index in [-0.39, 0.29) is 11.9 Å². The summed E-state index contributed by atoms with van der Waals surface area (Å²) >= 11 is 0. The summed E-state index contributed by atoms with van der Waals surface area (Å²) in [5.74, 6) is 0.903. The first-order chi connectivity index (χ1) is 13.2. The number of carbonyl (C=O) groups is 1. The highest BCUT2D eigenvalue weighted by atomic mass is 16.1. The lowest BCUT2D eigenvalue weighted by atomic mass is 10.2. The fourth-order valence-corrected chi connectivity index (χ4v) is 2.47. The van der Waals surface area contributed by atoms with Crippen LogP contribution < -0.4 is 10.6 Å². The van der Waals surface area contributed by atoms with Gasteiger partial charge in [-0.2, -0.15) is 0 Å². The molecule has 0 spiro atoms. The van der Waals surface area contributed by atoms with Crippen molar-refractivity contribution in [3.8, 4) is 11.4 Å². The number of anilines is 1. The van der Waals surface area contributed by atoms with Gasteiger partial charge >= 0.3 is 0 Å². The van der Waals surface area contributed by atoms with Crippen molar-refractivity contribution < 1.29 is 4.79 Å². The van der Waals surface area contributed by atoms with E-state index in [0.717, 1.165) is 17.7 Å². The highest BCUT2D eigenvalue weighted by Gasteiger charge is 2.14. The molecule has 0 saturated heterocycles. The molecular weight excluding hydrogens is 338 g/mol. The van der Waals surface area contributed by atoms with Crippen LogP contribution in [0.4, 0.5) is 5.82 Å². The molecule has 138 valence electrons. The number of hydrogen-bond donors (Lipinski definition) is 2. The molecule has 1 aromatic carbocycles. The maximum Gasteiger partial charge on any atom is 0.270 e. The molecule has 1 unspecified atom stereocenters. The minimum Gasteiger partial charge on any atom is -0.367 e. The van der Waals surface area contributed by atoms with Gasteiger partial charge in [-0.25, -0.2) is 9.97 Å². The largest absolute Gasteiger partial charge is 0.367 e. The topological polar surface area (TPSA) is 79.8 Å². The molecule has 0 bridgehead atoms. The van der Waals surface area contributed by atoms with Gasteiger partial charge in [0.25, 0.3) is 5.91 Å². The number of carbonyl (C=O) groups excluding carboxylic acids is 1. The summed E-state index contributed by atoms with van der Waals surface area (Å²) in [6.07, 6.45) is 2.65. The Labute approximate surface area is 159 Å². The van der Waals surface area contributed by atoms with Gasteiger partial charge in [0.15, 0.2) is 5.82 Å². The lowest BCUT2D eigenvalue weighted by Crippen LogP contribution is -2.25. The van der Waals surface area contributed by atoms with E-state index in [2.05, 4.69) is 39.4 Å². The molecule has 1 amide bonds. The van der Waals surface area contributed by atoms with Crippen molar-refractivity contribution in [3.63, 3.8) is 0 Å². The standard InChI is InChI=1S/C21H23N5O/c1-3-15(2)24-19-13-18(21(27)23-14-17-11-7-8-12-22-17)25-20(26-19)16-9-5-4-6-10-16/h4-13,15H,3,14H2,1-2H3,(H,23,27)(H,24,25,26). The number of rotatable bonds is 7. The Kier molecular flexibility index (Phi) is 6.10. The molecule has 6 heteroatoms. The predicted octanol–water partition coefficient (Wildman–Crippen LogP) is 3.68. The van der Waals surface area contributed by atoms with Crippen molar-refractivity contribution in [1.29, 1.82) is 0 Å². The first-order valence-electron chi connectivity index (χ1n) is 9.05. The molecule has 1 atom stereocenters. The fraction of sp³-hybridized carbons (Fsp3) is 0.238. The maximum absolute atomic E-state index is 12.7. The van der Waals surface area contributed by atoms with Gasteiger partial charge in [0.05, 0.1) is 12.2 Å². The average molecular weight is 361 g/mol. The number of pyridine rings is 1. The quantitative estimate of drug-likeness (QED) is 0.671. The second-order valence-corrected chi connectivity index (χ2v) is 6.29. The number of nitrogens with zero attached hydrogens (tertiary/aromatic N) is 3. The van der Waals surface area contributed by atoms with Crippen LogP contribution >= 0.6 is 0 Å². The van der Waals surface area contributed by atoms with Crippen LogP contribution in [0.3, 0.4) is 0 Å². The van der Waals surface area contributed by atoms with E-state index < -0.39 is 0 Å². The van der Waals surface area contributed by atoms with Crippen molar-refractivity contribution in [3.05, 3.63) is 72.2 Å². The van der Waals surface area contributed by atoms with Crippen LogP contribution in [-0.4, -0.2) is 26.9 Å². The summed E-state index contributed by atoms with van der Waals surface area (Å²) in [7, 11) is 0. The summed E-state index contributed by atoms with van der Waals surface area (Å²) in [5.41, 5.74) is 1.98. The molecule has 0 aliphatic carbocycles. The summed E-state index contributed by atoms with van der Waals surface area (Å²) < 4.78 is 0. The summed E-state index contributed by atoms with van der Waals surface area (Å²) in [6.45, 7) is 4.51. The summed E-state index contributed by atoms with van der Waals surface area (Å²) in [6, 6.07) is 17.2. The molecule has 0 saturated carbocycles. The van der Waals surface area contributed by atoms with Crippen LogP contribution in [0.1, 0.15) is 36.5 Å². The number of nitrogens with one attached hydrogen (secondary N) is 2. The van der Waals surface area contributed by atoms with Crippen molar-refractivity contribution in [2.45, 2.75) is 32.9 Å². The van der Waals surface area contributed by atoms with Gasteiger partial charge < -0.3 is 10.6 Å². The normalized spacial score (nSPS) is 11.6. The van der Waals surface area contributed by atoms with Crippen LogP contribution in [0, 0.1) is 0 Å². The van der Waals surface area contributed by atoms with Gasteiger partial charge in [-0.15, -0.1) is 0 Å². The van der Waals surface area contributed by atoms with Crippen LogP contribution in [0.25, 0.3) is 11.4 Å². The van der Waals surface area contributed by atoms with E-state index in [1.807, 2.05) is 48.5 Å². The fourth-order valence-electron chi connectivity index (χ4n) is 2.47. The third-order valence-corrected chi connectivity index (χ3v) is 4.15. The third-order valence-electron chi connectivity index (χ3n) is 4.15. The molecule has 0 aliphatic rings. The van der Waals surface area contributed by atoms with Crippen LogP contribution in [0.5, 0.6) is 0 Å². The zero-order valence-corrected chi connectivity index (χ0v) is 15.5. The number of aromatic nitrogens is 3. The Morgan fingerprint density at radius 2 is 1.85 bits per heavy atom. The minimum absolute atomic E-state index is 0.243. The van der Waals surface area contributed by atoms with Crippen LogP contribution in [0.2, 0.25) is 0 Å². The third kappa shape index (κ3) is 5.10. The first-order valence-corrected chi connectivity index (χ1v) is 9.05.